The number of carbonyl (C=O) groups excluding carboxylic acids is 1. The van der Waals surface area contributed by atoms with Crippen molar-refractivity contribution in [3.05, 3.63) is 63.0 Å². The zero-order valence-corrected chi connectivity index (χ0v) is 15.0. The van der Waals surface area contributed by atoms with Crippen LogP contribution in [0.3, 0.4) is 0 Å². The van der Waals surface area contributed by atoms with Gasteiger partial charge in [-0.25, -0.2) is 4.98 Å². The van der Waals surface area contributed by atoms with Crippen molar-refractivity contribution in [2.75, 3.05) is 5.32 Å². The quantitative estimate of drug-likeness (QED) is 0.595. The minimum absolute atomic E-state index is 0.00827. The fraction of sp³-hybridized carbons (Fsp3) is 0.125. The third kappa shape index (κ3) is 3.50. The predicted molar refractivity (Wildman–Crippen MR) is 92.0 cm³/mol. The third-order valence-corrected chi connectivity index (χ3v) is 4.30. The second-order valence-electron chi connectivity index (χ2n) is 5.27. The van der Waals surface area contributed by atoms with Gasteiger partial charge in [-0.2, -0.15) is 13.2 Å². The summed E-state index contributed by atoms with van der Waals surface area (Å²) in [5.74, 6) is -0.571. The Balaban J connectivity index is 1.99. The van der Waals surface area contributed by atoms with E-state index in [4.69, 9.17) is 11.6 Å². The maximum atomic E-state index is 12.9. The molecule has 0 radical (unpaired) electrons. The highest BCUT2D eigenvalue weighted by atomic mass is 79.9. The Labute approximate surface area is 153 Å². The van der Waals surface area contributed by atoms with Crippen LogP contribution in [0.25, 0.3) is 5.65 Å². The molecule has 4 nitrogen and oxygen atoms in total. The maximum Gasteiger partial charge on any atom is 0.417 e. The van der Waals surface area contributed by atoms with Crippen LogP contribution in [0.2, 0.25) is 5.02 Å². The molecule has 1 aromatic carbocycles. The molecule has 0 saturated carbocycles. The van der Waals surface area contributed by atoms with Gasteiger partial charge in [0.1, 0.15) is 11.3 Å². The molecule has 2 aromatic heterocycles. The summed E-state index contributed by atoms with van der Waals surface area (Å²) in [7, 11) is 0. The molecule has 2 heterocycles. The highest BCUT2D eigenvalue weighted by Crippen LogP contribution is 2.36. The average molecular weight is 433 g/mol. The first-order chi connectivity index (χ1) is 11.7. The molecule has 0 fully saturated rings. The standard InChI is InChI=1S/C16H10BrClF3N3O/c1-8-14(24-7-9(17)2-5-13(24)22-8)15(25)23-10-3-4-12(18)11(6-10)16(19,20)21/h2-7H,1H3,(H,23,25). The molecule has 3 aromatic rings. The molecule has 0 bridgehead atoms. The van der Waals surface area contributed by atoms with Gasteiger partial charge in [0.25, 0.3) is 5.91 Å². The first-order valence-corrected chi connectivity index (χ1v) is 8.16. The van der Waals surface area contributed by atoms with Gasteiger partial charge in [-0.15, -0.1) is 0 Å². The number of amides is 1. The second kappa shape index (κ2) is 6.34. The van der Waals surface area contributed by atoms with Gasteiger partial charge in [0.05, 0.1) is 16.3 Å². The van der Waals surface area contributed by atoms with Crippen molar-refractivity contribution >= 4 is 44.8 Å². The molecular formula is C16H10BrClF3N3O. The molecule has 0 aliphatic carbocycles. The topological polar surface area (TPSA) is 46.4 Å². The van der Waals surface area contributed by atoms with Crippen molar-refractivity contribution in [2.45, 2.75) is 13.1 Å². The Bertz CT molecular complexity index is 985. The summed E-state index contributed by atoms with van der Waals surface area (Å²) >= 11 is 8.90. The summed E-state index contributed by atoms with van der Waals surface area (Å²) < 4.78 is 41.1. The van der Waals surface area contributed by atoms with E-state index < -0.39 is 22.7 Å². The minimum atomic E-state index is -4.61. The molecule has 0 unspecified atom stereocenters. The first kappa shape index (κ1) is 17.8. The summed E-state index contributed by atoms with van der Waals surface area (Å²) in [6, 6.07) is 6.70. The fourth-order valence-electron chi connectivity index (χ4n) is 2.42. The number of carbonyl (C=O) groups is 1. The normalized spacial score (nSPS) is 11.8. The summed E-state index contributed by atoms with van der Waals surface area (Å²) in [5, 5.41) is 2.03. The molecule has 130 valence electrons. The van der Waals surface area contributed by atoms with Crippen LogP contribution < -0.4 is 5.32 Å². The number of hydrogen-bond donors (Lipinski definition) is 1. The van der Waals surface area contributed by atoms with Crippen molar-refractivity contribution in [1.82, 2.24) is 9.38 Å². The third-order valence-electron chi connectivity index (χ3n) is 3.50. The zero-order chi connectivity index (χ0) is 18.4. The Morgan fingerprint density at radius 1 is 1.28 bits per heavy atom. The monoisotopic (exact) mass is 431 g/mol. The van der Waals surface area contributed by atoms with Gasteiger partial charge in [-0.1, -0.05) is 11.6 Å². The molecule has 9 heteroatoms. The van der Waals surface area contributed by atoms with E-state index in [1.807, 2.05) is 0 Å². The van der Waals surface area contributed by atoms with Gasteiger partial charge in [0.2, 0.25) is 0 Å². The number of nitrogens with zero attached hydrogens (tertiary/aromatic N) is 2. The number of pyridine rings is 1. The molecule has 0 aliphatic rings. The second-order valence-corrected chi connectivity index (χ2v) is 6.59. The largest absolute Gasteiger partial charge is 0.417 e. The number of aromatic nitrogens is 2. The van der Waals surface area contributed by atoms with E-state index in [-0.39, 0.29) is 11.4 Å². The predicted octanol–water partition coefficient (Wildman–Crippen LogP) is 5.33. The highest BCUT2D eigenvalue weighted by Gasteiger charge is 2.33. The highest BCUT2D eigenvalue weighted by molar-refractivity contribution is 9.10. The van der Waals surface area contributed by atoms with E-state index in [0.29, 0.717) is 11.3 Å². The first-order valence-electron chi connectivity index (χ1n) is 6.99. The van der Waals surface area contributed by atoms with Gasteiger partial charge in [-0.3, -0.25) is 9.20 Å². The van der Waals surface area contributed by atoms with Crippen LogP contribution in [0.1, 0.15) is 21.7 Å². The van der Waals surface area contributed by atoms with E-state index >= 15 is 0 Å². The molecule has 0 aliphatic heterocycles. The number of hydrogen-bond acceptors (Lipinski definition) is 2. The van der Waals surface area contributed by atoms with Crippen LogP contribution in [0.15, 0.2) is 41.0 Å². The molecule has 3 rings (SSSR count). The van der Waals surface area contributed by atoms with Crippen LogP contribution in [0.5, 0.6) is 0 Å². The van der Waals surface area contributed by atoms with Gasteiger partial charge >= 0.3 is 6.18 Å². The maximum absolute atomic E-state index is 12.9. The lowest BCUT2D eigenvalue weighted by molar-refractivity contribution is -0.137. The van der Waals surface area contributed by atoms with E-state index in [1.165, 1.54) is 6.07 Å². The van der Waals surface area contributed by atoms with Crippen LogP contribution in [0, 0.1) is 6.92 Å². The van der Waals surface area contributed by atoms with Gasteiger partial charge < -0.3 is 5.32 Å². The lowest BCUT2D eigenvalue weighted by Gasteiger charge is -2.12. The van der Waals surface area contributed by atoms with E-state index in [1.54, 1.807) is 29.7 Å². The molecular weight excluding hydrogens is 423 g/mol. The Morgan fingerprint density at radius 3 is 2.68 bits per heavy atom. The summed E-state index contributed by atoms with van der Waals surface area (Å²) in [4.78, 5) is 16.8. The number of fused-ring (bicyclic) bond motifs is 1. The van der Waals surface area contributed by atoms with Crippen LogP contribution >= 0.6 is 27.5 Å². The number of alkyl halides is 3. The fourth-order valence-corrected chi connectivity index (χ4v) is 2.98. The minimum Gasteiger partial charge on any atom is -0.321 e. The smallest absolute Gasteiger partial charge is 0.321 e. The van der Waals surface area contributed by atoms with Gasteiger partial charge in [0.15, 0.2) is 0 Å². The van der Waals surface area contributed by atoms with Crippen LogP contribution in [0.4, 0.5) is 18.9 Å². The van der Waals surface area contributed by atoms with Crippen molar-refractivity contribution < 1.29 is 18.0 Å². The van der Waals surface area contributed by atoms with E-state index in [9.17, 15) is 18.0 Å². The molecule has 25 heavy (non-hydrogen) atoms. The lowest BCUT2D eigenvalue weighted by Crippen LogP contribution is -2.16. The number of aryl methyl sites for hydroxylation is 1. The van der Waals surface area contributed by atoms with Crippen molar-refractivity contribution in [3.63, 3.8) is 0 Å². The molecule has 0 spiro atoms. The number of benzene rings is 1. The number of anilines is 1. The van der Waals surface area contributed by atoms with E-state index in [0.717, 1.165) is 16.6 Å². The summed E-state index contributed by atoms with van der Waals surface area (Å²) in [6.07, 6.45) is -2.95. The Hall–Kier alpha value is -2.06. The number of nitrogens with one attached hydrogen (secondary N) is 1. The molecule has 1 N–H and O–H groups in total. The van der Waals surface area contributed by atoms with Crippen molar-refractivity contribution in [2.24, 2.45) is 0 Å². The SMILES string of the molecule is Cc1nc2ccc(Br)cn2c1C(=O)Nc1ccc(Cl)c(C(F)(F)F)c1. The van der Waals surface area contributed by atoms with Gasteiger partial charge in [0, 0.05) is 16.4 Å². The summed E-state index contributed by atoms with van der Waals surface area (Å²) in [6.45, 7) is 1.65. The molecule has 0 atom stereocenters. The van der Waals surface area contributed by atoms with Crippen molar-refractivity contribution in [3.8, 4) is 0 Å². The summed E-state index contributed by atoms with van der Waals surface area (Å²) in [5.41, 5.74) is 0.231. The Morgan fingerprint density at radius 2 is 2.00 bits per heavy atom. The number of imidazole rings is 1. The zero-order valence-electron chi connectivity index (χ0n) is 12.7. The molecule has 1 amide bonds. The van der Waals surface area contributed by atoms with Crippen LogP contribution in [-0.4, -0.2) is 15.3 Å². The number of halogens is 5. The Kier molecular flexibility index (Phi) is 4.51. The number of rotatable bonds is 2. The van der Waals surface area contributed by atoms with Crippen molar-refractivity contribution in [1.29, 1.82) is 0 Å². The van der Waals surface area contributed by atoms with Gasteiger partial charge in [-0.05, 0) is 53.2 Å². The van der Waals surface area contributed by atoms with Crippen LogP contribution in [-0.2, 0) is 6.18 Å². The molecule has 0 saturated heterocycles. The van der Waals surface area contributed by atoms with E-state index in [2.05, 4.69) is 26.2 Å². The average Bonchev–Trinajstić information content (AvgIpc) is 2.83. The lowest BCUT2D eigenvalue weighted by atomic mass is 10.2.